The zero-order valence-corrected chi connectivity index (χ0v) is 19.4. The molecule has 8 heteroatoms. The summed E-state index contributed by atoms with van der Waals surface area (Å²) < 4.78 is 34.0. The van der Waals surface area contributed by atoms with Crippen molar-refractivity contribution in [1.82, 2.24) is 0 Å². The van der Waals surface area contributed by atoms with Gasteiger partial charge in [0, 0.05) is 22.9 Å². The van der Waals surface area contributed by atoms with Crippen LogP contribution in [0.3, 0.4) is 0 Å². The van der Waals surface area contributed by atoms with Crippen LogP contribution in [0.2, 0.25) is 0 Å². The van der Waals surface area contributed by atoms with Crippen LogP contribution < -0.4 is 15.0 Å². The second-order valence-electron chi connectivity index (χ2n) is 7.79. The maximum atomic E-state index is 14.5. The molecule has 1 unspecified atom stereocenters. The summed E-state index contributed by atoms with van der Waals surface area (Å²) >= 11 is 1.29. The number of unbranched alkanes of at least 4 members (excludes halogenated alkanes) is 1. The van der Waals surface area contributed by atoms with Gasteiger partial charge in [0.2, 0.25) is 5.91 Å². The first-order valence-corrected chi connectivity index (χ1v) is 12.0. The number of carbonyl (C=O) groups is 2. The van der Waals surface area contributed by atoms with E-state index in [1.807, 2.05) is 0 Å². The van der Waals surface area contributed by atoms with Crippen LogP contribution in [0.1, 0.15) is 41.1 Å². The van der Waals surface area contributed by atoms with Crippen molar-refractivity contribution in [2.75, 3.05) is 22.6 Å². The van der Waals surface area contributed by atoms with E-state index in [2.05, 4.69) is 12.2 Å². The molecule has 176 valence electrons. The Hall–Kier alpha value is -3.39. The highest BCUT2D eigenvalue weighted by atomic mass is 32.2. The number of benzene rings is 3. The summed E-state index contributed by atoms with van der Waals surface area (Å²) in [5.74, 6) is -1.18. The molecule has 2 amide bonds. The van der Waals surface area contributed by atoms with Gasteiger partial charge in [-0.1, -0.05) is 31.5 Å². The minimum absolute atomic E-state index is 0.113. The molecule has 3 aromatic carbocycles. The average Bonchev–Trinajstić information content (AvgIpc) is 3.22. The van der Waals surface area contributed by atoms with Gasteiger partial charge in [-0.15, -0.1) is 11.8 Å². The van der Waals surface area contributed by atoms with E-state index in [-0.39, 0.29) is 23.3 Å². The topological polar surface area (TPSA) is 58.6 Å². The second kappa shape index (κ2) is 10.7. The molecule has 4 rings (SSSR count). The van der Waals surface area contributed by atoms with Crippen molar-refractivity contribution in [3.05, 3.63) is 89.5 Å². The fourth-order valence-corrected chi connectivity index (χ4v) is 4.85. The van der Waals surface area contributed by atoms with Gasteiger partial charge in [0.15, 0.2) is 0 Å². The van der Waals surface area contributed by atoms with E-state index in [0.29, 0.717) is 29.2 Å². The van der Waals surface area contributed by atoms with Crippen molar-refractivity contribution in [2.24, 2.45) is 0 Å². The standard InChI is InChI=1S/C26H24F2N2O3S/c1-2-3-14-33-19-11-8-17(9-12-19)25(32)29-22-7-5-4-6-20(22)26-30(24(31)16-34-26)23-15-18(27)10-13-21(23)28/h4-13,15,26H,2-3,14,16H2,1H3,(H,29,32). The fourth-order valence-electron chi connectivity index (χ4n) is 3.64. The molecule has 1 saturated heterocycles. The predicted octanol–water partition coefficient (Wildman–Crippen LogP) is 6.17. The van der Waals surface area contributed by atoms with Gasteiger partial charge >= 0.3 is 0 Å². The second-order valence-corrected chi connectivity index (χ2v) is 8.86. The van der Waals surface area contributed by atoms with Gasteiger partial charge in [-0.05, 0) is 48.9 Å². The first-order chi connectivity index (χ1) is 16.5. The number of hydrogen-bond acceptors (Lipinski definition) is 4. The summed E-state index contributed by atoms with van der Waals surface area (Å²) in [6.07, 6.45) is 1.99. The van der Waals surface area contributed by atoms with Crippen molar-refractivity contribution in [3.63, 3.8) is 0 Å². The Morgan fingerprint density at radius 2 is 1.88 bits per heavy atom. The molecular formula is C26H24F2N2O3S. The van der Waals surface area contributed by atoms with E-state index in [1.54, 1.807) is 48.5 Å². The van der Waals surface area contributed by atoms with Crippen molar-refractivity contribution in [3.8, 4) is 5.75 Å². The number of carbonyl (C=O) groups excluding carboxylic acids is 2. The Balaban J connectivity index is 1.56. The smallest absolute Gasteiger partial charge is 0.255 e. The summed E-state index contributed by atoms with van der Waals surface area (Å²) in [6.45, 7) is 2.71. The molecule has 0 saturated carbocycles. The third-order valence-electron chi connectivity index (χ3n) is 5.39. The molecule has 5 nitrogen and oxygen atoms in total. The number of anilines is 2. The van der Waals surface area contributed by atoms with E-state index in [1.165, 1.54) is 16.7 Å². The van der Waals surface area contributed by atoms with Crippen LogP contribution in [0.25, 0.3) is 0 Å². The summed E-state index contributed by atoms with van der Waals surface area (Å²) in [4.78, 5) is 26.8. The van der Waals surface area contributed by atoms with Gasteiger partial charge in [-0.2, -0.15) is 0 Å². The Labute approximate surface area is 201 Å². The van der Waals surface area contributed by atoms with Gasteiger partial charge in [0.1, 0.15) is 22.8 Å². The first-order valence-electron chi connectivity index (χ1n) is 11.0. The summed E-state index contributed by atoms with van der Waals surface area (Å²) in [7, 11) is 0. The summed E-state index contributed by atoms with van der Waals surface area (Å²) in [6, 6.07) is 16.9. The maximum Gasteiger partial charge on any atom is 0.255 e. The fraction of sp³-hybridized carbons (Fsp3) is 0.231. The van der Waals surface area contributed by atoms with E-state index < -0.39 is 17.0 Å². The molecule has 3 aromatic rings. The zero-order valence-electron chi connectivity index (χ0n) is 18.6. The first kappa shape index (κ1) is 23.8. The van der Waals surface area contributed by atoms with E-state index in [4.69, 9.17) is 4.74 Å². The van der Waals surface area contributed by atoms with Crippen molar-refractivity contribution >= 4 is 35.0 Å². The van der Waals surface area contributed by atoms with Gasteiger partial charge in [0.25, 0.3) is 5.91 Å². The van der Waals surface area contributed by atoms with Crippen LogP contribution in [-0.2, 0) is 4.79 Å². The van der Waals surface area contributed by atoms with Crippen molar-refractivity contribution in [2.45, 2.75) is 25.1 Å². The molecule has 0 spiro atoms. The number of hydrogen-bond donors (Lipinski definition) is 1. The Morgan fingerprint density at radius 1 is 1.12 bits per heavy atom. The highest BCUT2D eigenvalue weighted by molar-refractivity contribution is 8.00. The van der Waals surface area contributed by atoms with Crippen LogP contribution in [0.15, 0.2) is 66.7 Å². The predicted molar refractivity (Wildman–Crippen MR) is 130 cm³/mol. The molecule has 1 atom stereocenters. The van der Waals surface area contributed by atoms with Crippen molar-refractivity contribution in [1.29, 1.82) is 0 Å². The third kappa shape index (κ3) is 5.22. The Morgan fingerprint density at radius 3 is 2.65 bits per heavy atom. The van der Waals surface area contributed by atoms with Crippen LogP contribution >= 0.6 is 11.8 Å². The number of para-hydroxylation sites is 1. The van der Waals surface area contributed by atoms with Gasteiger partial charge in [0.05, 0.1) is 18.0 Å². The van der Waals surface area contributed by atoms with Gasteiger partial charge in [-0.25, -0.2) is 8.78 Å². The number of nitrogens with one attached hydrogen (secondary N) is 1. The molecule has 1 aliphatic rings. The van der Waals surface area contributed by atoms with Crippen LogP contribution in [0.4, 0.5) is 20.2 Å². The molecular weight excluding hydrogens is 458 g/mol. The lowest BCUT2D eigenvalue weighted by Crippen LogP contribution is -2.29. The van der Waals surface area contributed by atoms with E-state index in [9.17, 15) is 18.4 Å². The molecule has 34 heavy (non-hydrogen) atoms. The Bertz CT molecular complexity index is 1190. The minimum Gasteiger partial charge on any atom is -0.494 e. The lowest BCUT2D eigenvalue weighted by molar-refractivity contribution is -0.115. The number of nitrogens with zero attached hydrogens (tertiary/aromatic N) is 1. The quantitative estimate of drug-likeness (QED) is 0.390. The van der Waals surface area contributed by atoms with E-state index in [0.717, 1.165) is 31.0 Å². The monoisotopic (exact) mass is 482 g/mol. The number of halogens is 2. The van der Waals surface area contributed by atoms with E-state index >= 15 is 0 Å². The number of ether oxygens (including phenoxy) is 1. The lowest BCUT2D eigenvalue weighted by atomic mass is 10.1. The average molecular weight is 483 g/mol. The minimum atomic E-state index is -0.690. The Kier molecular flexibility index (Phi) is 7.47. The van der Waals surface area contributed by atoms with Gasteiger partial charge < -0.3 is 10.1 Å². The zero-order chi connectivity index (χ0) is 24.1. The number of rotatable bonds is 8. The SMILES string of the molecule is CCCCOc1ccc(C(=O)Nc2ccccc2C2SCC(=O)N2c2cc(F)ccc2F)cc1. The normalized spacial score (nSPS) is 15.4. The van der Waals surface area contributed by atoms with Crippen molar-refractivity contribution < 1.29 is 23.1 Å². The third-order valence-corrected chi connectivity index (χ3v) is 6.59. The summed E-state index contributed by atoms with van der Waals surface area (Å²) in [5, 5.41) is 2.27. The molecule has 0 aliphatic carbocycles. The molecule has 1 aliphatic heterocycles. The largest absolute Gasteiger partial charge is 0.494 e. The highest BCUT2D eigenvalue weighted by Crippen LogP contribution is 2.45. The maximum absolute atomic E-state index is 14.5. The molecule has 1 fully saturated rings. The van der Waals surface area contributed by atoms with Crippen LogP contribution in [-0.4, -0.2) is 24.2 Å². The summed E-state index contributed by atoms with van der Waals surface area (Å²) in [5.41, 5.74) is 1.43. The molecule has 0 aromatic heterocycles. The molecule has 1 N–H and O–H groups in total. The highest BCUT2D eigenvalue weighted by Gasteiger charge is 2.37. The molecule has 1 heterocycles. The lowest BCUT2D eigenvalue weighted by Gasteiger charge is -2.26. The molecule has 0 radical (unpaired) electrons. The van der Waals surface area contributed by atoms with Crippen LogP contribution in [0, 0.1) is 11.6 Å². The number of thioether (sulfide) groups is 1. The number of amides is 2. The van der Waals surface area contributed by atoms with Gasteiger partial charge in [-0.3, -0.25) is 14.5 Å². The van der Waals surface area contributed by atoms with Crippen LogP contribution in [0.5, 0.6) is 5.75 Å². The molecule has 0 bridgehead atoms.